The fourth-order valence-electron chi connectivity index (χ4n) is 2.23. The average Bonchev–Trinajstić information content (AvgIpc) is 3.15. The summed E-state index contributed by atoms with van der Waals surface area (Å²) in [5.41, 5.74) is 3.01. The second kappa shape index (κ2) is 8.83. The van der Waals surface area contributed by atoms with Gasteiger partial charge in [0.25, 0.3) is 11.6 Å². The number of ether oxygens (including phenoxy) is 1. The number of non-ortho nitro benzene ring substituents is 1. The summed E-state index contributed by atoms with van der Waals surface area (Å²) in [5, 5.41) is 15.0. The summed E-state index contributed by atoms with van der Waals surface area (Å²) in [4.78, 5) is 22.0. The Morgan fingerprint density at radius 3 is 2.71 bits per heavy atom. The molecule has 0 radical (unpaired) electrons. The van der Waals surface area contributed by atoms with E-state index in [2.05, 4.69) is 10.5 Å². The lowest BCUT2D eigenvalue weighted by atomic mass is 10.1. The molecule has 1 aromatic heterocycles. The van der Waals surface area contributed by atoms with Gasteiger partial charge in [0.2, 0.25) is 0 Å². The van der Waals surface area contributed by atoms with Gasteiger partial charge in [0.15, 0.2) is 6.61 Å². The Morgan fingerprint density at radius 2 is 2.00 bits per heavy atom. The highest BCUT2D eigenvalue weighted by Gasteiger charge is 2.08. The van der Waals surface area contributed by atoms with Crippen LogP contribution in [0.5, 0.6) is 5.75 Å². The number of carbonyl (C=O) groups excluding carboxylic acids is 1. The zero-order valence-electron chi connectivity index (χ0n) is 14.4. The third-order valence-corrected chi connectivity index (χ3v) is 3.77. The minimum Gasteiger partial charge on any atom is -0.484 e. The number of nitro benzene ring substituents is 1. The van der Waals surface area contributed by atoms with Gasteiger partial charge in [-0.3, -0.25) is 14.9 Å². The molecule has 1 N–H and O–H groups in total. The van der Waals surface area contributed by atoms with Crippen molar-refractivity contribution in [3.63, 3.8) is 0 Å². The minimum atomic E-state index is -0.469. The third kappa shape index (κ3) is 5.18. The average molecular weight is 400 g/mol. The molecule has 2 aromatic carbocycles. The van der Waals surface area contributed by atoms with E-state index in [4.69, 9.17) is 20.8 Å². The molecule has 3 aromatic rings. The fourth-order valence-corrected chi connectivity index (χ4v) is 2.41. The molecule has 1 amide bonds. The molecule has 142 valence electrons. The summed E-state index contributed by atoms with van der Waals surface area (Å²) >= 11 is 5.84. The SMILES string of the molecule is O=C(COc1cccc(Cl)c1)NN=Cc1ccc(-c2ccc([N+](=O)[O-])cc2)o1. The Hall–Kier alpha value is -3.65. The van der Waals surface area contributed by atoms with Crippen LogP contribution in [0, 0.1) is 10.1 Å². The zero-order chi connectivity index (χ0) is 19.9. The molecule has 0 saturated carbocycles. The van der Waals surface area contributed by atoms with Gasteiger partial charge in [-0.2, -0.15) is 5.10 Å². The molecule has 1 heterocycles. The van der Waals surface area contributed by atoms with Crippen LogP contribution in [-0.4, -0.2) is 23.7 Å². The number of nitrogens with zero attached hydrogens (tertiary/aromatic N) is 2. The Labute approximate surface area is 164 Å². The molecule has 28 heavy (non-hydrogen) atoms. The van der Waals surface area contributed by atoms with Gasteiger partial charge in [0, 0.05) is 22.7 Å². The van der Waals surface area contributed by atoms with E-state index < -0.39 is 10.8 Å². The van der Waals surface area contributed by atoms with Crippen LogP contribution in [0.15, 0.2) is 70.2 Å². The number of rotatable bonds is 7. The highest BCUT2D eigenvalue weighted by molar-refractivity contribution is 6.30. The van der Waals surface area contributed by atoms with Gasteiger partial charge in [-0.15, -0.1) is 0 Å². The molecule has 0 saturated heterocycles. The number of benzene rings is 2. The first-order valence-electron chi connectivity index (χ1n) is 8.06. The lowest BCUT2D eigenvalue weighted by molar-refractivity contribution is -0.384. The van der Waals surface area contributed by atoms with E-state index in [1.165, 1.54) is 18.3 Å². The second-order valence-electron chi connectivity index (χ2n) is 5.55. The van der Waals surface area contributed by atoms with E-state index in [-0.39, 0.29) is 12.3 Å². The highest BCUT2D eigenvalue weighted by atomic mass is 35.5. The molecule has 3 rings (SSSR count). The number of hydrazone groups is 1. The number of halogens is 1. The summed E-state index contributed by atoms with van der Waals surface area (Å²) in [6, 6.07) is 16.0. The van der Waals surface area contributed by atoms with E-state index in [0.29, 0.717) is 27.9 Å². The molecule has 0 atom stereocenters. The Balaban J connectivity index is 1.52. The largest absolute Gasteiger partial charge is 0.484 e. The molecule has 0 spiro atoms. The molecule has 0 bridgehead atoms. The van der Waals surface area contributed by atoms with Crippen molar-refractivity contribution in [2.45, 2.75) is 0 Å². The molecule has 0 unspecified atom stereocenters. The van der Waals surface area contributed by atoms with Crippen molar-refractivity contribution >= 4 is 29.4 Å². The molecule has 0 fully saturated rings. The summed E-state index contributed by atoms with van der Waals surface area (Å²) in [7, 11) is 0. The molecule has 8 nitrogen and oxygen atoms in total. The Morgan fingerprint density at radius 1 is 1.21 bits per heavy atom. The molecule has 9 heteroatoms. The van der Waals surface area contributed by atoms with E-state index in [1.54, 1.807) is 48.5 Å². The van der Waals surface area contributed by atoms with Crippen LogP contribution in [0.1, 0.15) is 5.76 Å². The maximum Gasteiger partial charge on any atom is 0.277 e. The smallest absolute Gasteiger partial charge is 0.277 e. The topological polar surface area (TPSA) is 107 Å². The van der Waals surface area contributed by atoms with Crippen LogP contribution in [-0.2, 0) is 4.79 Å². The summed E-state index contributed by atoms with van der Waals surface area (Å²) in [5.74, 6) is 0.958. The lowest BCUT2D eigenvalue weighted by Gasteiger charge is -2.04. The van der Waals surface area contributed by atoms with Crippen molar-refractivity contribution in [2.24, 2.45) is 5.10 Å². The molecular formula is C19H14ClN3O5. The van der Waals surface area contributed by atoms with Gasteiger partial charge in [0.05, 0.1) is 11.1 Å². The van der Waals surface area contributed by atoms with Gasteiger partial charge in [-0.1, -0.05) is 17.7 Å². The number of hydrogen-bond acceptors (Lipinski definition) is 6. The Bertz CT molecular complexity index is 1010. The first kappa shape index (κ1) is 19.1. The quantitative estimate of drug-likeness (QED) is 0.366. The number of furan rings is 1. The van der Waals surface area contributed by atoms with E-state index in [0.717, 1.165) is 0 Å². The van der Waals surface area contributed by atoms with Crippen molar-refractivity contribution in [3.8, 4) is 17.1 Å². The van der Waals surface area contributed by atoms with Crippen LogP contribution in [0.3, 0.4) is 0 Å². The maximum atomic E-state index is 11.7. The van der Waals surface area contributed by atoms with Crippen LogP contribution in [0.25, 0.3) is 11.3 Å². The molecule has 0 aliphatic heterocycles. The summed E-state index contributed by atoms with van der Waals surface area (Å²) in [6.45, 7) is -0.218. The van der Waals surface area contributed by atoms with Gasteiger partial charge >= 0.3 is 0 Å². The standard InChI is InChI=1S/C19H14ClN3O5/c20-14-2-1-3-16(10-14)27-12-19(24)22-21-11-17-8-9-18(28-17)13-4-6-15(7-5-13)23(25)26/h1-11H,12H2,(H,22,24). The van der Waals surface area contributed by atoms with Gasteiger partial charge in [-0.25, -0.2) is 5.43 Å². The van der Waals surface area contributed by atoms with Crippen LogP contribution in [0.2, 0.25) is 5.02 Å². The number of hydrogen-bond donors (Lipinski definition) is 1. The van der Waals surface area contributed by atoms with Crippen molar-refractivity contribution in [3.05, 3.63) is 81.6 Å². The Kier molecular flexibility index (Phi) is 6.03. The normalized spacial score (nSPS) is 10.8. The first-order chi connectivity index (χ1) is 13.5. The van der Waals surface area contributed by atoms with Crippen molar-refractivity contribution in [2.75, 3.05) is 6.61 Å². The first-order valence-corrected chi connectivity index (χ1v) is 8.44. The molecule has 0 aliphatic rings. The van der Waals surface area contributed by atoms with E-state index >= 15 is 0 Å². The minimum absolute atomic E-state index is 0.000188. The van der Waals surface area contributed by atoms with Crippen molar-refractivity contribution in [1.82, 2.24) is 5.43 Å². The lowest BCUT2D eigenvalue weighted by Crippen LogP contribution is -2.24. The highest BCUT2D eigenvalue weighted by Crippen LogP contribution is 2.24. The predicted octanol–water partition coefficient (Wildman–Crippen LogP) is 4.04. The van der Waals surface area contributed by atoms with Crippen LogP contribution >= 0.6 is 11.6 Å². The van der Waals surface area contributed by atoms with E-state index in [1.807, 2.05) is 0 Å². The predicted molar refractivity (Wildman–Crippen MR) is 103 cm³/mol. The van der Waals surface area contributed by atoms with E-state index in [9.17, 15) is 14.9 Å². The van der Waals surface area contributed by atoms with Crippen LogP contribution in [0.4, 0.5) is 5.69 Å². The zero-order valence-corrected chi connectivity index (χ0v) is 15.1. The number of amides is 1. The maximum absolute atomic E-state index is 11.7. The molecular weight excluding hydrogens is 386 g/mol. The monoisotopic (exact) mass is 399 g/mol. The molecule has 0 aliphatic carbocycles. The van der Waals surface area contributed by atoms with Crippen molar-refractivity contribution < 1.29 is 18.9 Å². The van der Waals surface area contributed by atoms with Gasteiger partial charge in [-0.05, 0) is 42.5 Å². The number of nitrogens with one attached hydrogen (secondary N) is 1. The summed E-state index contributed by atoms with van der Waals surface area (Å²) in [6.07, 6.45) is 1.34. The fraction of sp³-hybridized carbons (Fsp3) is 0.0526. The van der Waals surface area contributed by atoms with Gasteiger partial charge in [0.1, 0.15) is 17.3 Å². The van der Waals surface area contributed by atoms with Gasteiger partial charge < -0.3 is 9.15 Å². The third-order valence-electron chi connectivity index (χ3n) is 3.54. The van der Waals surface area contributed by atoms with Crippen molar-refractivity contribution in [1.29, 1.82) is 0 Å². The second-order valence-corrected chi connectivity index (χ2v) is 5.98. The number of carbonyl (C=O) groups is 1. The number of nitro groups is 1. The summed E-state index contributed by atoms with van der Waals surface area (Å²) < 4.78 is 10.9. The van der Waals surface area contributed by atoms with Crippen LogP contribution < -0.4 is 10.2 Å².